The maximum atomic E-state index is 5.82. The summed E-state index contributed by atoms with van der Waals surface area (Å²) in [5.41, 5.74) is 2.69. The molecule has 0 aliphatic heterocycles. The molecular formula is C16H27NO. The Balaban J connectivity index is 2.20. The summed E-state index contributed by atoms with van der Waals surface area (Å²) in [5.74, 6) is 1.03. The van der Waals surface area contributed by atoms with Crippen LogP contribution < -0.4 is 10.1 Å². The van der Waals surface area contributed by atoms with E-state index >= 15 is 0 Å². The summed E-state index contributed by atoms with van der Waals surface area (Å²) >= 11 is 0. The average molecular weight is 249 g/mol. The normalized spacial score (nSPS) is 11.6. The molecule has 0 aliphatic rings. The molecule has 0 atom stereocenters. The van der Waals surface area contributed by atoms with E-state index in [4.69, 9.17) is 4.74 Å². The zero-order valence-corrected chi connectivity index (χ0v) is 12.5. The van der Waals surface area contributed by atoms with Crippen LogP contribution in [-0.4, -0.2) is 18.7 Å². The van der Waals surface area contributed by atoms with Crippen molar-refractivity contribution < 1.29 is 4.74 Å². The van der Waals surface area contributed by atoms with Gasteiger partial charge in [-0.3, -0.25) is 0 Å². The zero-order chi connectivity index (χ0) is 13.6. The number of nitrogens with one attached hydrogen (secondary N) is 1. The summed E-state index contributed by atoms with van der Waals surface area (Å²) in [6.45, 7) is 12.6. The quantitative estimate of drug-likeness (QED) is 0.773. The highest BCUT2D eigenvalue weighted by molar-refractivity contribution is 5.35. The summed E-state index contributed by atoms with van der Waals surface area (Å²) in [6.07, 6.45) is 2.25. The third-order valence-electron chi connectivity index (χ3n) is 2.83. The average Bonchev–Trinajstić information content (AvgIpc) is 2.26. The molecule has 2 nitrogen and oxygen atoms in total. The predicted octanol–water partition coefficient (Wildman–Crippen LogP) is 3.85. The van der Waals surface area contributed by atoms with Gasteiger partial charge in [0.05, 0.1) is 6.61 Å². The van der Waals surface area contributed by atoms with Crippen molar-refractivity contribution in [3.63, 3.8) is 0 Å². The Hall–Kier alpha value is -1.02. The molecule has 1 aromatic rings. The van der Waals surface area contributed by atoms with Gasteiger partial charge in [-0.05, 0) is 71.2 Å². The van der Waals surface area contributed by atoms with Crippen LogP contribution in [0.25, 0.3) is 0 Å². The van der Waals surface area contributed by atoms with Gasteiger partial charge in [0.2, 0.25) is 0 Å². The molecule has 2 heteroatoms. The lowest BCUT2D eigenvalue weighted by molar-refractivity contribution is 0.299. The van der Waals surface area contributed by atoms with Crippen molar-refractivity contribution >= 4 is 0 Å². The second-order valence-corrected chi connectivity index (χ2v) is 6.00. The first-order valence-electron chi connectivity index (χ1n) is 6.83. The first-order valence-corrected chi connectivity index (χ1v) is 6.83. The Morgan fingerprint density at radius 2 is 1.83 bits per heavy atom. The van der Waals surface area contributed by atoms with Gasteiger partial charge in [0.15, 0.2) is 0 Å². The minimum absolute atomic E-state index is 0.216. The fraction of sp³-hybridized carbons (Fsp3) is 0.625. The molecule has 0 unspecified atom stereocenters. The summed E-state index contributed by atoms with van der Waals surface area (Å²) in [7, 11) is 0. The van der Waals surface area contributed by atoms with Crippen LogP contribution in [0.2, 0.25) is 0 Å². The number of hydrogen-bond donors (Lipinski definition) is 1. The molecule has 1 rings (SSSR count). The van der Waals surface area contributed by atoms with E-state index < -0.39 is 0 Å². The Labute approximate surface area is 112 Å². The lowest BCUT2D eigenvalue weighted by Gasteiger charge is -2.20. The first kappa shape index (κ1) is 15.0. The number of ether oxygens (including phenoxy) is 1. The third kappa shape index (κ3) is 6.06. The fourth-order valence-electron chi connectivity index (χ4n) is 1.74. The van der Waals surface area contributed by atoms with Crippen LogP contribution in [0, 0.1) is 13.8 Å². The Morgan fingerprint density at radius 1 is 1.11 bits per heavy atom. The molecule has 0 aliphatic carbocycles. The Kier molecular flexibility index (Phi) is 5.67. The van der Waals surface area contributed by atoms with E-state index in [9.17, 15) is 0 Å². The largest absolute Gasteiger partial charge is 0.493 e. The number of rotatable bonds is 6. The van der Waals surface area contributed by atoms with Gasteiger partial charge in [-0.1, -0.05) is 12.1 Å². The van der Waals surface area contributed by atoms with Crippen LogP contribution >= 0.6 is 0 Å². The third-order valence-corrected chi connectivity index (χ3v) is 2.83. The minimum Gasteiger partial charge on any atom is -0.493 e. The molecule has 0 saturated heterocycles. The highest BCUT2D eigenvalue weighted by Crippen LogP contribution is 2.19. The fourth-order valence-corrected chi connectivity index (χ4v) is 1.74. The van der Waals surface area contributed by atoms with Crippen LogP contribution in [-0.2, 0) is 0 Å². The van der Waals surface area contributed by atoms with Gasteiger partial charge in [-0.15, -0.1) is 0 Å². The summed E-state index contributed by atoms with van der Waals surface area (Å²) in [6, 6.07) is 6.35. The van der Waals surface area contributed by atoms with E-state index in [2.05, 4.69) is 58.1 Å². The number of aryl methyl sites for hydroxylation is 2. The van der Waals surface area contributed by atoms with Crippen molar-refractivity contribution in [2.24, 2.45) is 0 Å². The summed E-state index contributed by atoms with van der Waals surface area (Å²) < 4.78 is 5.82. The van der Waals surface area contributed by atoms with E-state index in [-0.39, 0.29) is 5.54 Å². The molecule has 0 spiro atoms. The molecule has 0 saturated carbocycles. The van der Waals surface area contributed by atoms with Crippen molar-refractivity contribution in [3.8, 4) is 5.75 Å². The molecule has 1 aromatic carbocycles. The molecule has 0 fully saturated rings. The highest BCUT2D eigenvalue weighted by atomic mass is 16.5. The molecule has 18 heavy (non-hydrogen) atoms. The monoisotopic (exact) mass is 249 g/mol. The van der Waals surface area contributed by atoms with Gasteiger partial charge >= 0.3 is 0 Å². The number of unbranched alkanes of at least 4 members (excludes halogenated alkanes) is 1. The van der Waals surface area contributed by atoms with Gasteiger partial charge in [0.25, 0.3) is 0 Å². The first-order chi connectivity index (χ1) is 8.38. The van der Waals surface area contributed by atoms with Crippen LogP contribution in [0.1, 0.15) is 44.7 Å². The van der Waals surface area contributed by atoms with Crippen molar-refractivity contribution in [3.05, 3.63) is 29.3 Å². The highest BCUT2D eigenvalue weighted by Gasteiger charge is 2.07. The van der Waals surface area contributed by atoms with Crippen molar-refractivity contribution in [1.29, 1.82) is 0 Å². The SMILES string of the molecule is Cc1ccc(C)c(OCCCCNC(C)(C)C)c1. The van der Waals surface area contributed by atoms with Crippen LogP contribution in [0.15, 0.2) is 18.2 Å². The lowest BCUT2D eigenvalue weighted by Crippen LogP contribution is -2.36. The topological polar surface area (TPSA) is 21.3 Å². The molecular weight excluding hydrogens is 222 g/mol. The molecule has 0 amide bonds. The molecule has 0 aromatic heterocycles. The molecule has 102 valence electrons. The second-order valence-electron chi connectivity index (χ2n) is 6.00. The molecule has 0 bridgehead atoms. The van der Waals surface area contributed by atoms with Gasteiger partial charge in [-0.25, -0.2) is 0 Å². The Bertz CT molecular complexity index is 366. The number of hydrogen-bond acceptors (Lipinski definition) is 2. The van der Waals surface area contributed by atoms with Crippen LogP contribution in [0.4, 0.5) is 0 Å². The van der Waals surface area contributed by atoms with Crippen LogP contribution in [0.3, 0.4) is 0 Å². The van der Waals surface area contributed by atoms with E-state index in [0.29, 0.717) is 0 Å². The van der Waals surface area contributed by atoms with Crippen molar-refractivity contribution in [2.45, 2.75) is 53.0 Å². The second kappa shape index (κ2) is 6.79. The molecule has 0 radical (unpaired) electrons. The van der Waals surface area contributed by atoms with E-state index in [1.807, 2.05) is 0 Å². The van der Waals surface area contributed by atoms with Gasteiger partial charge in [-0.2, -0.15) is 0 Å². The summed E-state index contributed by atoms with van der Waals surface area (Å²) in [5, 5.41) is 3.49. The molecule has 1 N–H and O–H groups in total. The molecule has 0 heterocycles. The maximum Gasteiger partial charge on any atom is 0.122 e. The predicted molar refractivity (Wildman–Crippen MR) is 78.4 cm³/mol. The lowest BCUT2D eigenvalue weighted by atomic mass is 10.1. The van der Waals surface area contributed by atoms with Gasteiger partial charge in [0, 0.05) is 5.54 Å². The van der Waals surface area contributed by atoms with Crippen molar-refractivity contribution in [2.75, 3.05) is 13.2 Å². The van der Waals surface area contributed by atoms with E-state index in [1.165, 1.54) is 11.1 Å². The Morgan fingerprint density at radius 3 is 2.50 bits per heavy atom. The van der Waals surface area contributed by atoms with Crippen molar-refractivity contribution in [1.82, 2.24) is 5.32 Å². The van der Waals surface area contributed by atoms with Gasteiger partial charge < -0.3 is 10.1 Å². The van der Waals surface area contributed by atoms with Crippen LogP contribution in [0.5, 0.6) is 5.75 Å². The minimum atomic E-state index is 0.216. The van der Waals surface area contributed by atoms with Gasteiger partial charge in [0.1, 0.15) is 5.75 Å². The summed E-state index contributed by atoms with van der Waals surface area (Å²) in [4.78, 5) is 0. The maximum absolute atomic E-state index is 5.82. The number of benzene rings is 1. The van der Waals surface area contributed by atoms with E-state index in [1.54, 1.807) is 0 Å². The zero-order valence-electron chi connectivity index (χ0n) is 12.5. The van der Waals surface area contributed by atoms with E-state index in [0.717, 1.165) is 31.7 Å². The standard InChI is InChI=1S/C16H27NO/c1-13-8-9-14(2)15(12-13)18-11-7-6-10-17-16(3,4)5/h8-9,12,17H,6-7,10-11H2,1-5H3. The smallest absolute Gasteiger partial charge is 0.122 e.